The van der Waals surface area contributed by atoms with Crippen LogP contribution >= 0.6 is 0 Å². The molecule has 3 N–H and O–H groups in total. The SMILES string of the molecule is COc1ccc(NC(=O)c2cnc(N3CCN(c4ccc(C)cc4C)CC3)nc2N)cc1. The number of rotatable bonds is 5. The second-order valence-corrected chi connectivity index (χ2v) is 7.92. The Morgan fingerprint density at radius 1 is 1.03 bits per heavy atom. The van der Waals surface area contributed by atoms with Gasteiger partial charge in [-0.25, -0.2) is 4.98 Å². The standard InChI is InChI=1S/C24H28N6O2/c1-16-4-9-21(17(2)14-16)29-10-12-30(13-11-29)24-26-15-20(22(25)28-24)23(31)27-18-5-7-19(32-3)8-6-18/h4-9,14-15H,10-13H2,1-3H3,(H,27,31)(H2,25,26,28). The summed E-state index contributed by atoms with van der Waals surface area (Å²) in [7, 11) is 1.59. The highest BCUT2D eigenvalue weighted by Gasteiger charge is 2.22. The van der Waals surface area contributed by atoms with E-state index in [0.717, 1.165) is 26.2 Å². The molecule has 166 valence electrons. The molecule has 32 heavy (non-hydrogen) atoms. The van der Waals surface area contributed by atoms with Crippen molar-refractivity contribution in [1.29, 1.82) is 0 Å². The van der Waals surface area contributed by atoms with Gasteiger partial charge in [-0.3, -0.25) is 4.79 Å². The molecule has 1 aliphatic rings. The smallest absolute Gasteiger partial charge is 0.260 e. The molecule has 1 aliphatic heterocycles. The number of ether oxygens (including phenoxy) is 1. The number of hydrogen-bond donors (Lipinski definition) is 2. The van der Waals surface area contributed by atoms with Crippen LogP contribution in [0.25, 0.3) is 0 Å². The van der Waals surface area contributed by atoms with Crippen molar-refractivity contribution in [3.63, 3.8) is 0 Å². The average molecular weight is 433 g/mol. The van der Waals surface area contributed by atoms with Gasteiger partial charge in [-0.15, -0.1) is 0 Å². The molecule has 2 heterocycles. The summed E-state index contributed by atoms with van der Waals surface area (Å²) in [6, 6.07) is 13.6. The van der Waals surface area contributed by atoms with E-state index in [-0.39, 0.29) is 17.3 Å². The van der Waals surface area contributed by atoms with Crippen LogP contribution in [0.2, 0.25) is 0 Å². The molecule has 0 unspecified atom stereocenters. The van der Waals surface area contributed by atoms with Gasteiger partial charge in [0.05, 0.1) is 7.11 Å². The Morgan fingerprint density at radius 2 is 1.72 bits per heavy atom. The highest BCUT2D eigenvalue weighted by Crippen LogP contribution is 2.24. The Hall–Kier alpha value is -3.81. The Kier molecular flexibility index (Phi) is 6.11. The van der Waals surface area contributed by atoms with Gasteiger partial charge in [-0.05, 0) is 49.7 Å². The van der Waals surface area contributed by atoms with Crippen molar-refractivity contribution in [3.05, 3.63) is 65.4 Å². The lowest BCUT2D eigenvalue weighted by molar-refractivity contribution is 0.102. The second kappa shape index (κ2) is 9.13. The Balaban J connectivity index is 1.40. The summed E-state index contributed by atoms with van der Waals surface area (Å²) < 4.78 is 5.13. The van der Waals surface area contributed by atoms with E-state index >= 15 is 0 Å². The van der Waals surface area contributed by atoms with Gasteiger partial charge in [0.2, 0.25) is 5.95 Å². The van der Waals surface area contributed by atoms with Crippen LogP contribution in [-0.2, 0) is 0 Å². The first-order valence-corrected chi connectivity index (χ1v) is 10.6. The van der Waals surface area contributed by atoms with Crippen LogP contribution in [0.15, 0.2) is 48.7 Å². The molecule has 8 heteroatoms. The van der Waals surface area contributed by atoms with E-state index < -0.39 is 0 Å². The van der Waals surface area contributed by atoms with Crippen LogP contribution in [0.4, 0.5) is 23.1 Å². The van der Waals surface area contributed by atoms with E-state index in [9.17, 15) is 4.79 Å². The summed E-state index contributed by atoms with van der Waals surface area (Å²) in [5.74, 6) is 1.08. The van der Waals surface area contributed by atoms with Crippen molar-refractivity contribution >= 4 is 29.0 Å². The number of amides is 1. The lowest BCUT2D eigenvalue weighted by atomic mass is 10.1. The van der Waals surface area contributed by atoms with Crippen LogP contribution in [0.5, 0.6) is 5.75 Å². The predicted octanol–water partition coefficient (Wildman–Crippen LogP) is 3.26. The molecule has 0 radical (unpaired) electrons. The fourth-order valence-corrected chi connectivity index (χ4v) is 3.89. The predicted molar refractivity (Wildman–Crippen MR) is 128 cm³/mol. The number of anilines is 4. The summed E-state index contributed by atoms with van der Waals surface area (Å²) >= 11 is 0. The lowest BCUT2D eigenvalue weighted by Crippen LogP contribution is -2.47. The van der Waals surface area contributed by atoms with Crippen LogP contribution in [-0.4, -0.2) is 49.2 Å². The van der Waals surface area contributed by atoms with Crippen molar-refractivity contribution in [2.75, 3.05) is 54.1 Å². The van der Waals surface area contributed by atoms with E-state index in [4.69, 9.17) is 10.5 Å². The number of aromatic nitrogens is 2. The van der Waals surface area contributed by atoms with Crippen molar-refractivity contribution in [2.24, 2.45) is 0 Å². The number of carbonyl (C=O) groups is 1. The molecule has 0 aliphatic carbocycles. The summed E-state index contributed by atoms with van der Waals surface area (Å²) in [4.78, 5) is 25.9. The molecule has 0 spiro atoms. The average Bonchev–Trinajstić information content (AvgIpc) is 2.79. The van der Waals surface area contributed by atoms with E-state index in [1.165, 1.54) is 23.0 Å². The Bertz CT molecular complexity index is 1110. The third kappa shape index (κ3) is 4.59. The minimum Gasteiger partial charge on any atom is -0.497 e. The molecule has 1 amide bonds. The third-order valence-electron chi connectivity index (χ3n) is 5.65. The molecule has 0 atom stereocenters. The van der Waals surface area contributed by atoms with Crippen molar-refractivity contribution in [2.45, 2.75) is 13.8 Å². The normalized spacial score (nSPS) is 13.7. The molecule has 1 saturated heterocycles. The Morgan fingerprint density at radius 3 is 2.34 bits per heavy atom. The summed E-state index contributed by atoms with van der Waals surface area (Å²) in [5, 5.41) is 2.81. The number of nitrogens with two attached hydrogens (primary N) is 1. The quantitative estimate of drug-likeness (QED) is 0.639. The molecule has 8 nitrogen and oxygen atoms in total. The molecular formula is C24H28N6O2. The van der Waals surface area contributed by atoms with Gasteiger partial charge in [0, 0.05) is 43.8 Å². The maximum Gasteiger partial charge on any atom is 0.260 e. The van der Waals surface area contributed by atoms with Gasteiger partial charge in [0.1, 0.15) is 17.1 Å². The number of aryl methyl sites for hydroxylation is 2. The molecule has 1 fully saturated rings. The Labute approximate surface area is 188 Å². The number of nitrogens with zero attached hydrogens (tertiary/aromatic N) is 4. The van der Waals surface area contributed by atoms with Crippen LogP contribution in [0, 0.1) is 13.8 Å². The van der Waals surface area contributed by atoms with Gasteiger partial charge in [-0.2, -0.15) is 4.98 Å². The first kappa shape index (κ1) is 21.4. The second-order valence-electron chi connectivity index (χ2n) is 7.92. The van der Waals surface area contributed by atoms with E-state index in [2.05, 4.69) is 57.1 Å². The van der Waals surface area contributed by atoms with Gasteiger partial charge in [-0.1, -0.05) is 17.7 Å². The van der Waals surface area contributed by atoms with E-state index in [1.54, 1.807) is 31.4 Å². The monoisotopic (exact) mass is 432 g/mol. The van der Waals surface area contributed by atoms with E-state index in [1.807, 2.05) is 0 Å². The minimum atomic E-state index is -0.348. The summed E-state index contributed by atoms with van der Waals surface area (Å²) in [6.45, 7) is 7.56. The van der Waals surface area contributed by atoms with Crippen molar-refractivity contribution < 1.29 is 9.53 Å². The van der Waals surface area contributed by atoms with Gasteiger partial charge in [0.15, 0.2) is 0 Å². The van der Waals surface area contributed by atoms with Crippen LogP contribution in [0.3, 0.4) is 0 Å². The third-order valence-corrected chi connectivity index (χ3v) is 5.65. The fourth-order valence-electron chi connectivity index (χ4n) is 3.89. The molecule has 0 saturated carbocycles. The number of benzene rings is 2. The summed E-state index contributed by atoms with van der Waals surface area (Å²) in [5.41, 5.74) is 10.8. The number of methoxy groups -OCH3 is 1. The topological polar surface area (TPSA) is 96.6 Å². The van der Waals surface area contributed by atoms with Gasteiger partial charge >= 0.3 is 0 Å². The summed E-state index contributed by atoms with van der Waals surface area (Å²) in [6.07, 6.45) is 1.49. The zero-order valence-corrected chi connectivity index (χ0v) is 18.6. The number of hydrogen-bond acceptors (Lipinski definition) is 7. The van der Waals surface area contributed by atoms with Crippen LogP contribution in [0.1, 0.15) is 21.5 Å². The number of piperazine rings is 1. The first-order chi connectivity index (χ1) is 15.4. The molecular weight excluding hydrogens is 404 g/mol. The largest absolute Gasteiger partial charge is 0.497 e. The molecule has 2 aromatic carbocycles. The zero-order chi connectivity index (χ0) is 22.7. The fraction of sp³-hybridized carbons (Fsp3) is 0.292. The first-order valence-electron chi connectivity index (χ1n) is 10.6. The minimum absolute atomic E-state index is 0.165. The zero-order valence-electron chi connectivity index (χ0n) is 18.6. The lowest BCUT2D eigenvalue weighted by Gasteiger charge is -2.37. The van der Waals surface area contributed by atoms with Crippen molar-refractivity contribution in [1.82, 2.24) is 9.97 Å². The molecule has 4 rings (SSSR count). The van der Waals surface area contributed by atoms with Crippen molar-refractivity contribution in [3.8, 4) is 5.75 Å². The van der Waals surface area contributed by atoms with Gasteiger partial charge in [0.25, 0.3) is 5.91 Å². The number of nitrogen functional groups attached to an aromatic ring is 1. The number of nitrogens with one attached hydrogen (secondary N) is 1. The highest BCUT2D eigenvalue weighted by atomic mass is 16.5. The van der Waals surface area contributed by atoms with E-state index in [0.29, 0.717) is 17.4 Å². The molecule has 0 bridgehead atoms. The molecule has 3 aromatic rings. The molecule has 1 aromatic heterocycles. The van der Waals surface area contributed by atoms with Crippen LogP contribution < -0.4 is 25.6 Å². The number of carbonyl (C=O) groups excluding carboxylic acids is 1. The maximum atomic E-state index is 12.6. The highest BCUT2D eigenvalue weighted by molar-refractivity contribution is 6.07. The van der Waals surface area contributed by atoms with Gasteiger partial charge < -0.3 is 25.6 Å². The maximum absolute atomic E-state index is 12.6.